The molecule has 23 heavy (non-hydrogen) atoms. The van der Waals surface area contributed by atoms with Crippen LogP contribution in [-0.4, -0.2) is 31.0 Å². The number of hydrogen-bond donors (Lipinski definition) is 1. The molecule has 0 aliphatic heterocycles. The molecule has 0 spiro atoms. The Morgan fingerprint density at radius 1 is 1.30 bits per heavy atom. The Kier molecular flexibility index (Phi) is 4.05. The highest BCUT2D eigenvalue weighted by molar-refractivity contribution is 5.86. The van der Waals surface area contributed by atoms with Crippen molar-refractivity contribution in [1.82, 2.24) is 15.0 Å². The van der Waals surface area contributed by atoms with Gasteiger partial charge in [0.25, 0.3) is 5.69 Å². The quantitative estimate of drug-likeness (QED) is 0.685. The number of nitro benzene ring substituents is 1. The van der Waals surface area contributed by atoms with E-state index in [2.05, 4.69) is 10.3 Å². The Balaban J connectivity index is 2.10. The lowest BCUT2D eigenvalue weighted by atomic mass is 9.86. The van der Waals surface area contributed by atoms with Crippen LogP contribution in [0.1, 0.15) is 54.2 Å². The maximum atomic E-state index is 11.5. The van der Waals surface area contributed by atoms with Crippen LogP contribution in [0.2, 0.25) is 0 Å². The summed E-state index contributed by atoms with van der Waals surface area (Å²) in [4.78, 5) is 21.9. The SMILES string of the molecule is O=C(O)c1nnn(-c2cccc([N+](=O)[O-])c2)c1C1CCCCC1. The third kappa shape index (κ3) is 2.92. The van der Waals surface area contributed by atoms with E-state index in [-0.39, 0.29) is 17.3 Å². The summed E-state index contributed by atoms with van der Waals surface area (Å²) in [6, 6.07) is 5.99. The molecule has 2 aromatic rings. The van der Waals surface area contributed by atoms with E-state index >= 15 is 0 Å². The van der Waals surface area contributed by atoms with Crippen LogP contribution in [0.4, 0.5) is 5.69 Å². The molecule has 8 heteroatoms. The van der Waals surface area contributed by atoms with E-state index in [0.717, 1.165) is 32.1 Å². The first-order chi connectivity index (χ1) is 11.1. The number of carboxylic acids is 1. The van der Waals surface area contributed by atoms with Crippen LogP contribution in [-0.2, 0) is 0 Å². The molecular weight excluding hydrogens is 300 g/mol. The monoisotopic (exact) mass is 316 g/mol. The Hall–Kier alpha value is -2.77. The van der Waals surface area contributed by atoms with Gasteiger partial charge in [-0.05, 0) is 18.9 Å². The molecular formula is C15H16N4O4. The van der Waals surface area contributed by atoms with Crippen molar-refractivity contribution in [1.29, 1.82) is 0 Å². The largest absolute Gasteiger partial charge is 0.476 e. The van der Waals surface area contributed by atoms with Gasteiger partial charge in [0.05, 0.1) is 16.3 Å². The van der Waals surface area contributed by atoms with E-state index in [4.69, 9.17) is 0 Å². The lowest BCUT2D eigenvalue weighted by Gasteiger charge is -2.22. The van der Waals surface area contributed by atoms with Crippen molar-refractivity contribution >= 4 is 11.7 Å². The number of aromatic nitrogens is 3. The molecule has 1 aromatic heterocycles. The van der Waals surface area contributed by atoms with Gasteiger partial charge in [-0.15, -0.1) is 5.10 Å². The number of rotatable bonds is 4. The zero-order valence-corrected chi connectivity index (χ0v) is 12.4. The van der Waals surface area contributed by atoms with E-state index < -0.39 is 10.9 Å². The fourth-order valence-corrected chi connectivity index (χ4v) is 3.11. The second-order valence-electron chi connectivity index (χ2n) is 5.65. The van der Waals surface area contributed by atoms with Crippen molar-refractivity contribution in [3.8, 4) is 5.69 Å². The highest BCUT2D eigenvalue weighted by Crippen LogP contribution is 2.35. The molecule has 3 rings (SSSR count). The number of carboxylic acid groups (broad SMARTS) is 1. The molecule has 0 saturated heterocycles. The minimum atomic E-state index is -1.12. The van der Waals surface area contributed by atoms with Crippen LogP contribution in [0, 0.1) is 10.1 Å². The fraction of sp³-hybridized carbons (Fsp3) is 0.400. The van der Waals surface area contributed by atoms with E-state index in [0.29, 0.717) is 11.4 Å². The fourth-order valence-electron chi connectivity index (χ4n) is 3.11. The van der Waals surface area contributed by atoms with Gasteiger partial charge in [-0.2, -0.15) is 0 Å². The van der Waals surface area contributed by atoms with Gasteiger partial charge in [0.15, 0.2) is 5.69 Å². The van der Waals surface area contributed by atoms with Crippen molar-refractivity contribution in [2.24, 2.45) is 0 Å². The third-order valence-electron chi connectivity index (χ3n) is 4.18. The molecule has 1 N–H and O–H groups in total. The van der Waals surface area contributed by atoms with E-state index in [1.807, 2.05) is 0 Å². The molecule has 1 heterocycles. The Morgan fingerprint density at radius 3 is 2.70 bits per heavy atom. The first-order valence-corrected chi connectivity index (χ1v) is 7.51. The number of hydrogen-bond acceptors (Lipinski definition) is 5. The minimum absolute atomic E-state index is 0.0594. The predicted octanol–water partition coefficient (Wildman–Crippen LogP) is 2.92. The molecule has 0 atom stereocenters. The first kappa shape index (κ1) is 15.1. The average molecular weight is 316 g/mol. The van der Waals surface area contributed by atoms with Crippen LogP contribution in [0.3, 0.4) is 0 Å². The molecule has 120 valence electrons. The lowest BCUT2D eigenvalue weighted by molar-refractivity contribution is -0.384. The summed E-state index contributed by atoms with van der Waals surface area (Å²) in [5, 5.41) is 28.1. The zero-order chi connectivity index (χ0) is 16.4. The molecule has 8 nitrogen and oxygen atoms in total. The maximum Gasteiger partial charge on any atom is 0.358 e. The summed E-state index contributed by atoms with van der Waals surface area (Å²) in [6.07, 6.45) is 4.95. The summed E-state index contributed by atoms with van der Waals surface area (Å²) in [7, 11) is 0. The van der Waals surface area contributed by atoms with Gasteiger partial charge >= 0.3 is 5.97 Å². The number of nitrogens with zero attached hydrogens (tertiary/aromatic N) is 4. The summed E-state index contributed by atoms with van der Waals surface area (Å²) in [5.41, 5.74) is 0.866. The summed E-state index contributed by atoms with van der Waals surface area (Å²) in [6.45, 7) is 0. The van der Waals surface area contributed by atoms with Crippen molar-refractivity contribution < 1.29 is 14.8 Å². The van der Waals surface area contributed by atoms with Gasteiger partial charge in [0.2, 0.25) is 0 Å². The third-order valence-corrected chi connectivity index (χ3v) is 4.18. The van der Waals surface area contributed by atoms with Crippen LogP contribution in [0.5, 0.6) is 0 Å². The van der Waals surface area contributed by atoms with Gasteiger partial charge in [-0.3, -0.25) is 10.1 Å². The minimum Gasteiger partial charge on any atom is -0.476 e. The molecule has 1 aromatic carbocycles. The van der Waals surface area contributed by atoms with Gasteiger partial charge in [-0.1, -0.05) is 30.5 Å². The van der Waals surface area contributed by atoms with E-state index in [1.165, 1.54) is 16.8 Å². The predicted molar refractivity (Wildman–Crippen MR) is 80.8 cm³/mol. The van der Waals surface area contributed by atoms with Gasteiger partial charge in [-0.25, -0.2) is 9.48 Å². The van der Waals surface area contributed by atoms with Crippen LogP contribution in [0.25, 0.3) is 5.69 Å². The average Bonchev–Trinajstić information content (AvgIpc) is 3.01. The molecule has 0 unspecified atom stereocenters. The molecule has 1 aliphatic rings. The highest BCUT2D eigenvalue weighted by Gasteiger charge is 2.28. The molecule has 1 aliphatic carbocycles. The maximum absolute atomic E-state index is 11.5. The van der Waals surface area contributed by atoms with Crippen LogP contribution in [0.15, 0.2) is 24.3 Å². The van der Waals surface area contributed by atoms with E-state index in [9.17, 15) is 20.0 Å². The van der Waals surface area contributed by atoms with Crippen molar-refractivity contribution in [3.63, 3.8) is 0 Å². The van der Waals surface area contributed by atoms with E-state index in [1.54, 1.807) is 12.1 Å². The smallest absolute Gasteiger partial charge is 0.358 e. The molecule has 1 saturated carbocycles. The molecule has 0 amide bonds. The number of aromatic carboxylic acids is 1. The summed E-state index contributed by atoms with van der Waals surface area (Å²) in [5.74, 6) is -1.06. The first-order valence-electron chi connectivity index (χ1n) is 7.51. The zero-order valence-electron chi connectivity index (χ0n) is 12.4. The summed E-state index contributed by atoms with van der Waals surface area (Å²) < 4.78 is 1.44. The topological polar surface area (TPSA) is 111 Å². The van der Waals surface area contributed by atoms with Gasteiger partial charge in [0.1, 0.15) is 0 Å². The second kappa shape index (κ2) is 6.15. The van der Waals surface area contributed by atoms with Crippen molar-refractivity contribution in [2.75, 3.05) is 0 Å². The Bertz CT molecular complexity index is 750. The Labute approximate surface area is 131 Å². The van der Waals surface area contributed by atoms with Gasteiger partial charge in [0, 0.05) is 18.1 Å². The molecule has 0 bridgehead atoms. The molecule has 0 radical (unpaired) electrons. The van der Waals surface area contributed by atoms with Crippen LogP contribution < -0.4 is 0 Å². The Morgan fingerprint density at radius 2 is 2.04 bits per heavy atom. The van der Waals surface area contributed by atoms with Crippen molar-refractivity contribution in [2.45, 2.75) is 38.0 Å². The number of carbonyl (C=O) groups is 1. The van der Waals surface area contributed by atoms with Crippen LogP contribution >= 0.6 is 0 Å². The van der Waals surface area contributed by atoms with Crippen molar-refractivity contribution in [3.05, 3.63) is 45.8 Å². The number of non-ortho nitro benzene ring substituents is 1. The molecule has 1 fully saturated rings. The lowest BCUT2D eigenvalue weighted by Crippen LogP contribution is -2.14. The standard InChI is InChI=1S/C15H16N4O4/c20-15(21)13-14(10-5-2-1-3-6-10)18(17-16-13)11-7-4-8-12(9-11)19(22)23/h4,7-10H,1-3,5-6H2,(H,20,21). The second-order valence-corrected chi connectivity index (χ2v) is 5.65. The summed E-state index contributed by atoms with van der Waals surface area (Å²) >= 11 is 0. The normalized spacial score (nSPS) is 15.5. The highest BCUT2D eigenvalue weighted by atomic mass is 16.6. The van der Waals surface area contributed by atoms with Gasteiger partial charge < -0.3 is 5.11 Å². The number of nitro groups is 1. The number of benzene rings is 1.